The highest BCUT2D eigenvalue weighted by Crippen LogP contribution is 2.10. The number of allylic oxidation sites excluding steroid dienone is 1. The first-order valence-electron chi connectivity index (χ1n) is 7.02. The third-order valence-corrected chi connectivity index (χ3v) is 3.35. The van der Waals surface area contributed by atoms with E-state index in [1.807, 2.05) is 6.20 Å². The summed E-state index contributed by atoms with van der Waals surface area (Å²) in [5, 5.41) is 0. The SMILES string of the molecule is C=CN(C=CCCCCCCCCCC)C(=S)S. The smallest absolute Gasteiger partial charge is 0.141 e. The lowest BCUT2D eigenvalue weighted by atomic mass is 10.1. The van der Waals surface area contributed by atoms with Crippen molar-refractivity contribution in [2.75, 3.05) is 0 Å². The highest BCUT2D eigenvalue weighted by Gasteiger charge is 1.94. The Morgan fingerprint density at radius 2 is 1.67 bits per heavy atom. The molecule has 0 heterocycles. The third-order valence-electron chi connectivity index (χ3n) is 2.91. The van der Waals surface area contributed by atoms with Gasteiger partial charge >= 0.3 is 0 Å². The van der Waals surface area contributed by atoms with Crippen LogP contribution in [0.4, 0.5) is 0 Å². The van der Waals surface area contributed by atoms with Crippen LogP contribution in [-0.2, 0) is 0 Å². The molecule has 0 fully saturated rings. The molecule has 0 atom stereocenters. The van der Waals surface area contributed by atoms with Crippen molar-refractivity contribution in [1.29, 1.82) is 0 Å². The molecule has 0 aromatic heterocycles. The van der Waals surface area contributed by atoms with E-state index in [1.54, 1.807) is 11.1 Å². The van der Waals surface area contributed by atoms with Gasteiger partial charge in [0.05, 0.1) is 0 Å². The second kappa shape index (κ2) is 13.2. The summed E-state index contributed by atoms with van der Waals surface area (Å²) < 4.78 is 0.539. The number of nitrogens with zero attached hydrogens (tertiary/aromatic N) is 1. The second-order valence-electron chi connectivity index (χ2n) is 4.52. The first-order chi connectivity index (χ1) is 8.72. The molecule has 0 aromatic rings. The van der Waals surface area contributed by atoms with Crippen molar-refractivity contribution in [2.24, 2.45) is 0 Å². The van der Waals surface area contributed by atoms with Gasteiger partial charge in [0, 0.05) is 12.4 Å². The van der Waals surface area contributed by atoms with E-state index in [2.05, 4.69) is 32.2 Å². The van der Waals surface area contributed by atoms with Crippen LogP contribution in [0.1, 0.15) is 64.7 Å². The molecule has 1 nitrogen and oxygen atoms in total. The Labute approximate surface area is 124 Å². The summed E-state index contributed by atoms with van der Waals surface area (Å²) in [7, 11) is 0. The topological polar surface area (TPSA) is 3.24 Å². The molecule has 0 aliphatic carbocycles. The molecule has 3 heteroatoms. The van der Waals surface area contributed by atoms with Gasteiger partial charge in [-0.05, 0) is 12.8 Å². The van der Waals surface area contributed by atoms with Crippen LogP contribution in [0.15, 0.2) is 25.1 Å². The fraction of sp³-hybridized carbons (Fsp3) is 0.667. The third kappa shape index (κ3) is 10.8. The fourth-order valence-corrected chi connectivity index (χ4v) is 2.07. The summed E-state index contributed by atoms with van der Waals surface area (Å²) in [4.78, 5) is 1.75. The Hall–Kier alpha value is -0.280. The minimum Gasteiger partial charge on any atom is -0.311 e. The van der Waals surface area contributed by atoms with Gasteiger partial charge in [-0.3, -0.25) is 0 Å². The number of hydrogen-bond donors (Lipinski definition) is 1. The van der Waals surface area contributed by atoms with Gasteiger partial charge in [-0.25, -0.2) is 0 Å². The zero-order valence-corrected chi connectivity index (χ0v) is 13.3. The minimum atomic E-state index is 0.539. The Morgan fingerprint density at radius 3 is 2.17 bits per heavy atom. The molecule has 0 unspecified atom stereocenters. The van der Waals surface area contributed by atoms with Crippen molar-refractivity contribution in [1.82, 2.24) is 4.90 Å². The van der Waals surface area contributed by atoms with E-state index in [4.69, 9.17) is 12.2 Å². The standard InChI is InChI=1S/C15H27NS2/c1-3-5-6-7-8-9-10-11-12-13-14-16(4-2)15(17)18/h4,13-14H,2-3,5-12H2,1H3,(H,17,18). The summed E-state index contributed by atoms with van der Waals surface area (Å²) >= 11 is 9.06. The van der Waals surface area contributed by atoms with Crippen LogP contribution in [-0.4, -0.2) is 9.22 Å². The summed E-state index contributed by atoms with van der Waals surface area (Å²) in [6, 6.07) is 0. The first kappa shape index (κ1) is 17.7. The van der Waals surface area contributed by atoms with E-state index in [-0.39, 0.29) is 0 Å². The number of hydrogen-bond acceptors (Lipinski definition) is 1. The fourth-order valence-electron chi connectivity index (χ4n) is 1.79. The van der Waals surface area contributed by atoms with Gasteiger partial charge in [-0.2, -0.15) is 0 Å². The first-order valence-corrected chi connectivity index (χ1v) is 7.88. The van der Waals surface area contributed by atoms with Gasteiger partial charge < -0.3 is 4.90 Å². The summed E-state index contributed by atoms with van der Waals surface area (Å²) in [5.74, 6) is 0. The van der Waals surface area contributed by atoms with Gasteiger partial charge in [-0.1, -0.05) is 76.7 Å². The summed E-state index contributed by atoms with van der Waals surface area (Å²) in [6.45, 7) is 5.94. The molecule has 0 rings (SSSR count). The average molecular weight is 286 g/mol. The number of thiocarbonyl (C=S) groups is 1. The molecule has 0 N–H and O–H groups in total. The van der Waals surface area contributed by atoms with E-state index in [1.165, 1.54) is 51.4 Å². The summed E-state index contributed by atoms with van der Waals surface area (Å²) in [6.07, 6.45) is 17.8. The number of thiol groups is 1. The van der Waals surface area contributed by atoms with Gasteiger partial charge in [0.2, 0.25) is 0 Å². The molecule has 0 bridgehead atoms. The normalized spacial score (nSPS) is 10.8. The Kier molecular flexibility index (Phi) is 13.0. The van der Waals surface area contributed by atoms with E-state index in [9.17, 15) is 0 Å². The molecule has 0 spiro atoms. The van der Waals surface area contributed by atoms with Gasteiger partial charge in [0.25, 0.3) is 0 Å². The molecule has 0 saturated carbocycles. The molecule has 0 aromatic carbocycles. The van der Waals surface area contributed by atoms with Crippen molar-refractivity contribution in [3.63, 3.8) is 0 Å². The van der Waals surface area contributed by atoms with Gasteiger partial charge in [-0.15, -0.1) is 12.6 Å². The van der Waals surface area contributed by atoms with Gasteiger partial charge in [0.1, 0.15) is 4.32 Å². The van der Waals surface area contributed by atoms with Crippen LogP contribution in [0.25, 0.3) is 0 Å². The summed E-state index contributed by atoms with van der Waals surface area (Å²) in [5.41, 5.74) is 0. The molecule has 0 aliphatic rings. The van der Waals surface area contributed by atoms with Crippen LogP contribution >= 0.6 is 24.8 Å². The lowest BCUT2D eigenvalue weighted by Gasteiger charge is -2.10. The highest BCUT2D eigenvalue weighted by atomic mass is 32.1. The molecule has 0 amide bonds. The van der Waals surface area contributed by atoms with Crippen LogP contribution < -0.4 is 0 Å². The zero-order chi connectivity index (χ0) is 13.6. The lowest BCUT2D eigenvalue weighted by molar-refractivity contribution is 0.577. The maximum atomic E-state index is 4.95. The Balaban J connectivity index is 3.36. The van der Waals surface area contributed by atoms with E-state index in [0.29, 0.717) is 4.32 Å². The quantitative estimate of drug-likeness (QED) is 0.295. The monoisotopic (exact) mass is 285 g/mol. The predicted octanol–water partition coefficient (Wildman–Crippen LogP) is 5.69. The lowest BCUT2D eigenvalue weighted by Crippen LogP contribution is -2.10. The van der Waals surface area contributed by atoms with Crippen molar-refractivity contribution in [2.45, 2.75) is 64.7 Å². The molecule has 0 radical (unpaired) electrons. The minimum absolute atomic E-state index is 0.539. The van der Waals surface area contributed by atoms with Crippen LogP contribution in [0.3, 0.4) is 0 Å². The number of rotatable bonds is 11. The van der Waals surface area contributed by atoms with E-state index in [0.717, 1.165) is 6.42 Å². The van der Waals surface area contributed by atoms with Crippen molar-refractivity contribution in [3.05, 3.63) is 25.1 Å². The zero-order valence-electron chi connectivity index (χ0n) is 11.6. The molecule has 18 heavy (non-hydrogen) atoms. The predicted molar refractivity (Wildman–Crippen MR) is 90.0 cm³/mol. The molecule has 104 valence electrons. The van der Waals surface area contributed by atoms with E-state index < -0.39 is 0 Å². The van der Waals surface area contributed by atoms with Gasteiger partial charge in [0.15, 0.2) is 0 Å². The maximum absolute atomic E-state index is 4.95. The maximum Gasteiger partial charge on any atom is 0.141 e. The Bertz CT molecular complexity index is 249. The molecule has 0 saturated heterocycles. The largest absolute Gasteiger partial charge is 0.311 e. The van der Waals surface area contributed by atoms with E-state index >= 15 is 0 Å². The molecule has 0 aliphatic heterocycles. The highest BCUT2D eigenvalue weighted by molar-refractivity contribution is 8.10. The van der Waals surface area contributed by atoms with Crippen LogP contribution in [0.2, 0.25) is 0 Å². The van der Waals surface area contributed by atoms with Crippen LogP contribution in [0, 0.1) is 0 Å². The van der Waals surface area contributed by atoms with Crippen molar-refractivity contribution >= 4 is 29.2 Å². The average Bonchev–Trinajstić information content (AvgIpc) is 2.35. The number of unbranched alkanes of at least 4 members (excludes halogenated alkanes) is 8. The van der Waals surface area contributed by atoms with Crippen molar-refractivity contribution in [3.8, 4) is 0 Å². The van der Waals surface area contributed by atoms with Crippen LogP contribution in [0.5, 0.6) is 0 Å². The molecular weight excluding hydrogens is 258 g/mol. The van der Waals surface area contributed by atoms with Crippen molar-refractivity contribution < 1.29 is 0 Å². The molecular formula is C15H27NS2. The second-order valence-corrected chi connectivity index (χ2v) is 5.63. The Morgan fingerprint density at radius 1 is 1.11 bits per heavy atom.